The zero-order chi connectivity index (χ0) is 8.74. The van der Waals surface area contributed by atoms with Crippen LogP contribution in [0.25, 0.3) is 0 Å². The van der Waals surface area contributed by atoms with Crippen LogP contribution in [0.5, 0.6) is 0 Å². The molecule has 0 radical (unpaired) electrons. The third-order valence-electron chi connectivity index (χ3n) is 1.25. The van der Waals surface area contributed by atoms with Gasteiger partial charge in [-0.05, 0) is 25.2 Å². The second-order valence-corrected chi connectivity index (χ2v) is 2.34. The molecule has 0 heterocycles. The number of aliphatic hydroxyl groups is 2. The molecule has 0 rings (SSSR count). The molecule has 1 unspecified atom stereocenters. The van der Waals surface area contributed by atoms with Crippen molar-refractivity contribution < 1.29 is 10.2 Å². The Morgan fingerprint density at radius 1 is 1.36 bits per heavy atom. The minimum atomic E-state index is -0.954. The molecule has 11 heavy (non-hydrogen) atoms. The van der Waals surface area contributed by atoms with Crippen molar-refractivity contribution in [3.8, 4) is 23.7 Å². The highest BCUT2D eigenvalue weighted by atomic mass is 16.3. The van der Waals surface area contributed by atoms with Crippen LogP contribution in [0.2, 0.25) is 0 Å². The summed E-state index contributed by atoms with van der Waals surface area (Å²) in [6.45, 7) is 3.28. The van der Waals surface area contributed by atoms with E-state index in [0.717, 1.165) is 0 Å². The Labute approximate surface area is 67.2 Å². The monoisotopic (exact) mass is 152 g/mol. The fraction of sp³-hybridized carbons (Fsp3) is 0.556. The predicted octanol–water partition coefficient (Wildman–Crippen LogP) is 0.146. The SMILES string of the molecule is CCC(C)(O)C#CC#CCO. The lowest BCUT2D eigenvalue weighted by atomic mass is 10.1. The first-order chi connectivity index (χ1) is 5.12. The van der Waals surface area contributed by atoms with Gasteiger partial charge in [0.2, 0.25) is 0 Å². The molecule has 2 N–H and O–H groups in total. The summed E-state index contributed by atoms with van der Waals surface area (Å²) in [6.07, 6.45) is 0.570. The Balaban J connectivity index is 4.06. The first-order valence-electron chi connectivity index (χ1n) is 3.45. The normalized spacial score (nSPS) is 13.5. The molecular formula is C9H12O2. The van der Waals surface area contributed by atoms with Gasteiger partial charge in [-0.3, -0.25) is 0 Å². The van der Waals surface area contributed by atoms with Gasteiger partial charge in [-0.25, -0.2) is 0 Å². The van der Waals surface area contributed by atoms with Gasteiger partial charge in [-0.15, -0.1) is 0 Å². The summed E-state index contributed by atoms with van der Waals surface area (Å²) in [5, 5.41) is 17.6. The first kappa shape index (κ1) is 10.0. The van der Waals surface area contributed by atoms with Crippen molar-refractivity contribution in [3.63, 3.8) is 0 Å². The number of hydrogen-bond donors (Lipinski definition) is 2. The van der Waals surface area contributed by atoms with Crippen LogP contribution < -0.4 is 0 Å². The van der Waals surface area contributed by atoms with Crippen LogP contribution in [-0.4, -0.2) is 22.4 Å². The van der Waals surface area contributed by atoms with Gasteiger partial charge in [0.25, 0.3) is 0 Å². The van der Waals surface area contributed by atoms with Crippen molar-refractivity contribution in [3.05, 3.63) is 0 Å². The molecule has 0 amide bonds. The van der Waals surface area contributed by atoms with Crippen LogP contribution in [0, 0.1) is 23.7 Å². The van der Waals surface area contributed by atoms with E-state index in [0.29, 0.717) is 6.42 Å². The van der Waals surface area contributed by atoms with Gasteiger partial charge in [0.1, 0.15) is 12.2 Å². The van der Waals surface area contributed by atoms with Crippen LogP contribution in [0.1, 0.15) is 20.3 Å². The van der Waals surface area contributed by atoms with Gasteiger partial charge in [0.05, 0.1) is 0 Å². The summed E-state index contributed by atoms with van der Waals surface area (Å²) in [7, 11) is 0. The van der Waals surface area contributed by atoms with E-state index in [1.165, 1.54) is 0 Å². The molecular weight excluding hydrogens is 140 g/mol. The van der Waals surface area contributed by atoms with Gasteiger partial charge in [-0.2, -0.15) is 0 Å². The molecule has 0 aliphatic carbocycles. The molecule has 0 spiro atoms. The van der Waals surface area contributed by atoms with Crippen molar-refractivity contribution in [2.24, 2.45) is 0 Å². The van der Waals surface area contributed by atoms with Crippen molar-refractivity contribution in [2.45, 2.75) is 25.9 Å². The second kappa shape index (κ2) is 4.79. The van der Waals surface area contributed by atoms with Crippen molar-refractivity contribution in [2.75, 3.05) is 6.61 Å². The van der Waals surface area contributed by atoms with E-state index in [4.69, 9.17) is 5.11 Å². The molecule has 0 aliphatic heterocycles. The molecule has 0 aromatic heterocycles. The van der Waals surface area contributed by atoms with E-state index < -0.39 is 5.60 Å². The van der Waals surface area contributed by atoms with Crippen molar-refractivity contribution in [1.29, 1.82) is 0 Å². The Morgan fingerprint density at radius 2 is 2.00 bits per heavy atom. The van der Waals surface area contributed by atoms with Gasteiger partial charge >= 0.3 is 0 Å². The Morgan fingerprint density at radius 3 is 2.45 bits per heavy atom. The maximum atomic E-state index is 9.32. The third-order valence-corrected chi connectivity index (χ3v) is 1.25. The minimum absolute atomic E-state index is 0.192. The third kappa shape index (κ3) is 5.48. The lowest BCUT2D eigenvalue weighted by Crippen LogP contribution is -2.19. The van der Waals surface area contributed by atoms with Gasteiger partial charge in [0, 0.05) is 0 Å². The van der Waals surface area contributed by atoms with E-state index in [9.17, 15) is 5.11 Å². The standard InChI is InChI=1S/C9H12O2/c1-3-9(2,11)7-5-4-6-8-10/h10-11H,3,8H2,1-2H3. The van der Waals surface area contributed by atoms with Crippen LogP contribution in [-0.2, 0) is 0 Å². The van der Waals surface area contributed by atoms with Gasteiger partial charge in [-0.1, -0.05) is 18.8 Å². The Hall–Kier alpha value is -0.960. The maximum absolute atomic E-state index is 9.32. The number of aliphatic hydroxyl groups excluding tert-OH is 1. The lowest BCUT2D eigenvalue weighted by Gasteiger charge is -2.10. The van der Waals surface area contributed by atoms with E-state index in [1.807, 2.05) is 6.92 Å². The molecule has 2 heteroatoms. The molecule has 0 aromatic carbocycles. The second-order valence-electron chi connectivity index (χ2n) is 2.34. The van der Waals surface area contributed by atoms with E-state index in [-0.39, 0.29) is 6.61 Å². The summed E-state index contributed by atoms with van der Waals surface area (Å²) < 4.78 is 0. The number of rotatable bonds is 1. The molecule has 2 nitrogen and oxygen atoms in total. The quantitative estimate of drug-likeness (QED) is 0.525. The molecule has 0 fully saturated rings. The molecule has 0 saturated heterocycles. The molecule has 0 saturated carbocycles. The summed E-state index contributed by atoms with van der Waals surface area (Å²) in [6, 6.07) is 0. The average Bonchev–Trinajstić information content (AvgIpc) is 1.99. The average molecular weight is 152 g/mol. The largest absolute Gasteiger partial charge is 0.384 e. The molecule has 60 valence electrons. The van der Waals surface area contributed by atoms with Crippen LogP contribution in [0.3, 0.4) is 0 Å². The van der Waals surface area contributed by atoms with Crippen molar-refractivity contribution >= 4 is 0 Å². The summed E-state index contributed by atoms with van der Waals surface area (Å²) in [4.78, 5) is 0. The zero-order valence-corrected chi connectivity index (χ0v) is 6.81. The smallest absolute Gasteiger partial charge is 0.123 e. The van der Waals surface area contributed by atoms with E-state index in [2.05, 4.69) is 23.7 Å². The summed E-state index contributed by atoms with van der Waals surface area (Å²) in [5.41, 5.74) is -0.954. The highest BCUT2D eigenvalue weighted by Gasteiger charge is 2.11. The Bertz CT molecular complexity index is 219. The van der Waals surface area contributed by atoms with Crippen LogP contribution >= 0.6 is 0 Å². The zero-order valence-electron chi connectivity index (χ0n) is 6.81. The van der Waals surface area contributed by atoms with E-state index in [1.54, 1.807) is 6.92 Å². The fourth-order valence-corrected chi connectivity index (χ4v) is 0.338. The Kier molecular flexibility index (Phi) is 4.38. The summed E-state index contributed by atoms with van der Waals surface area (Å²) in [5.74, 6) is 9.79. The fourth-order valence-electron chi connectivity index (χ4n) is 0.338. The minimum Gasteiger partial charge on any atom is -0.384 e. The van der Waals surface area contributed by atoms with Crippen LogP contribution in [0.4, 0.5) is 0 Å². The van der Waals surface area contributed by atoms with Crippen LogP contribution in [0.15, 0.2) is 0 Å². The van der Waals surface area contributed by atoms with Gasteiger partial charge < -0.3 is 10.2 Å². The predicted molar refractivity (Wildman–Crippen MR) is 43.6 cm³/mol. The molecule has 0 bridgehead atoms. The number of hydrogen-bond acceptors (Lipinski definition) is 2. The molecule has 0 aromatic rings. The van der Waals surface area contributed by atoms with Crippen molar-refractivity contribution in [1.82, 2.24) is 0 Å². The highest BCUT2D eigenvalue weighted by molar-refractivity contribution is 5.29. The van der Waals surface area contributed by atoms with Gasteiger partial charge in [0.15, 0.2) is 0 Å². The lowest BCUT2D eigenvalue weighted by molar-refractivity contribution is 0.118. The van der Waals surface area contributed by atoms with E-state index >= 15 is 0 Å². The highest BCUT2D eigenvalue weighted by Crippen LogP contribution is 2.04. The summed E-state index contributed by atoms with van der Waals surface area (Å²) >= 11 is 0. The first-order valence-corrected chi connectivity index (χ1v) is 3.45. The molecule has 1 atom stereocenters. The maximum Gasteiger partial charge on any atom is 0.123 e. The topological polar surface area (TPSA) is 40.5 Å². The molecule has 0 aliphatic rings.